The maximum atomic E-state index is 11.2. The Morgan fingerprint density at radius 2 is 2.16 bits per heavy atom. The Morgan fingerprint density at radius 3 is 2.89 bits per heavy atom. The lowest BCUT2D eigenvalue weighted by atomic mass is 9.85. The van der Waals surface area contributed by atoms with Gasteiger partial charge in [-0.25, -0.2) is 0 Å². The van der Waals surface area contributed by atoms with E-state index in [1.807, 2.05) is 6.07 Å². The fourth-order valence-electron chi connectivity index (χ4n) is 3.42. The summed E-state index contributed by atoms with van der Waals surface area (Å²) in [5, 5.41) is 12.6. The Labute approximate surface area is 113 Å². The van der Waals surface area contributed by atoms with Crippen LogP contribution in [0.2, 0.25) is 0 Å². The second-order valence-electron chi connectivity index (χ2n) is 5.63. The fraction of sp³-hybridized carbons (Fsp3) is 0.533. The Bertz CT molecular complexity index is 449. The summed E-state index contributed by atoms with van der Waals surface area (Å²) in [5.74, 6) is -0.523. The lowest BCUT2D eigenvalue weighted by Crippen LogP contribution is -2.46. The van der Waals surface area contributed by atoms with Crippen LogP contribution < -0.4 is 5.32 Å². The van der Waals surface area contributed by atoms with Crippen molar-refractivity contribution in [2.45, 2.75) is 19.0 Å². The highest BCUT2D eigenvalue weighted by Gasteiger charge is 2.42. The normalized spacial score (nSPS) is 31.1. The summed E-state index contributed by atoms with van der Waals surface area (Å²) < 4.78 is 0. The van der Waals surface area contributed by atoms with Gasteiger partial charge in [0.15, 0.2) is 0 Å². The Hall–Kier alpha value is -1.39. The molecule has 1 aromatic carbocycles. The van der Waals surface area contributed by atoms with E-state index in [1.54, 1.807) is 0 Å². The molecule has 3 atom stereocenters. The predicted octanol–water partition coefficient (Wildman–Crippen LogP) is 1.18. The third kappa shape index (κ3) is 2.65. The molecule has 2 saturated heterocycles. The van der Waals surface area contributed by atoms with E-state index < -0.39 is 5.97 Å². The monoisotopic (exact) mass is 260 g/mol. The number of carbonyl (C=O) groups is 1. The lowest BCUT2D eigenvalue weighted by Gasteiger charge is -2.35. The second-order valence-corrected chi connectivity index (χ2v) is 5.63. The zero-order valence-electron chi connectivity index (χ0n) is 11.0. The highest BCUT2D eigenvalue weighted by molar-refractivity contribution is 5.71. The molecule has 3 rings (SSSR count). The molecular formula is C15H20N2O2. The molecule has 0 bridgehead atoms. The van der Waals surface area contributed by atoms with Crippen molar-refractivity contribution in [3.8, 4) is 0 Å². The number of aliphatic carboxylic acids is 1. The number of nitrogens with zero attached hydrogens (tertiary/aromatic N) is 1. The van der Waals surface area contributed by atoms with E-state index in [-0.39, 0.29) is 5.92 Å². The summed E-state index contributed by atoms with van der Waals surface area (Å²) in [4.78, 5) is 13.6. The molecule has 2 aliphatic rings. The van der Waals surface area contributed by atoms with Gasteiger partial charge in [0, 0.05) is 25.7 Å². The van der Waals surface area contributed by atoms with Crippen molar-refractivity contribution in [1.29, 1.82) is 0 Å². The molecule has 0 amide bonds. The average molecular weight is 260 g/mol. The molecule has 2 aliphatic heterocycles. The fourth-order valence-corrected chi connectivity index (χ4v) is 3.42. The molecule has 3 unspecified atom stereocenters. The predicted molar refractivity (Wildman–Crippen MR) is 72.7 cm³/mol. The lowest BCUT2D eigenvalue weighted by molar-refractivity contribution is -0.142. The number of benzene rings is 1. The Balaban J connectivity index is 1.61. The van der Waals surface area contributed by atoms with Crippen molar-refractivity contribution in [2.75, 3.05) is 19.6 Å². The van der Waals surface area contributed by atoms with Crippen LogP contribution in [0.15, 0.2) is 30.3 Å². The first-order chi connectivity index (χ1) is 9.24. The first-order valence-corrected chi connectivity index (χ1v) is 6.96. The van der Waals surface area contributed by atoms with Gasteiger partial charge in [0.2, 0.25) is 0 Å². The molecule has 4 heteroatoms. The summed E-state index contributed by atoms with van der Waals surface area (Å²) >= 11 is 0. The summed E-state index contributed by atoms with van der Waals surface area (Å²) in [6, 6.07) is 10.8. The zero-order chi connectivity index (χ0) is 13.2. The van der Waals surface area contributed by atoms with E-state index in [0.717, 1.165) is 26.1 Å². The maximum absolute atomic E-state index is 11.2. The number of rotatable bonds is 3. The van der Waals surface area contributed by atoms with Gasteiger partial charge < -0.3 is 10.4 Å². The number of carboxylic acid groups (broad SMARTS) is 1. The molecular weight excluding hydrogens is 240 g/mol. The second kappa shape index (κ2) is 5.31. The number of fused-ring (bicyclic) bond motifs is 1. The molecule has 4 nitrogen and oxygen atoms in total. The molecule has 102 valence electrons. The van der Waals surface area contributed by atoms with E-state index in [9.17, 15) is 9.90 Å². The molecule has 19 heavy (non-hydrogen) atoms. The van der Waals surface area contributed by atoms with E-state index in [2.05, 4.69) is 34.5 Å². The molecule has 0 aliphatic carbocycles. The molecule has 2 heterocycles. The molecule has 0 radical (unpaired) electrons. The van der Waals surface area contributed by atoms with Gasteiger partial charge in [-0.1, -0.05) is 30.3 Å². The largest absolute Gasteiger partial charge is 0.481 e. The zero-order valence-corrected chi connectivity index (χ0v) is 11.0. The number of nitrogens with one attached hydrogen (secondary N) is 1. The quantitative estimate of drug-likeness (QED) is 0.857. The topological polar surface area (TPSA) is 52.6 Å². The van der Waals surface area contributed by atoms with Crippen molar-refractivity contribution in [3.05, 3.63) is 35.9 Å². The minimum absolute atomic E-state index is 0.191. The van der Waals surface area contributed by atoms with Gasteiger partial charge in [-0.3, -0.25) is 9.69 Å². The highest BCUT2D eigenvalue weighted by atomic mass is 16.4. The minimum atomic E-state index is -0.642. The van der Waals surface area contributed by atoms with E-state index >= 15 is 0 Å². The molecule has 2 fully saturated rings. The highest BCUT2D eigenvalue weighted by Crippen LogP contribution is 2.30. The molecule has 0 saturated carbocycles. The van der Waals surface area contributed by atoms with Crippen LogP contribution >= 0.6 is 0 Å². The summed E-state index contributed by atoms with van der Waals surface area (Å²) in [5.41, 5.74) is 1.33. The van der Waals surface area contributed by atoms with Crippen molar-refractivity contribution in [3.63, 3.8) is 0 Å². The van der Waals surface area contributed by atoms with Crippen LogP contribution in [0.25, 0.3) is 0 Å². The van der Waals surface area contributed by atoms with Crippen LogP contribution in [0.3, 0.4) is 0 Å². The van der Waals surface area contributed by atoms with Gasteiger partial charge in [0.25, 0.3) is 0 Å². The number of piperidine rings is 1. The third-order valence-corrected chi connectivity index (χ3v) is 4.43. The van der Waals surface area contributed by atoms with Crippen molar-refractivity contribution < 1.29 is 9.90 Å². The molecule has 0 spiro atoms. The maximum Gasteiger partial charge on any atom is 0.308 e. The average Bonchev–Trinajstić information content (AvgIpc) is 2.83. The summed E-state index contributed by atoms with van der Waals surface area (Å²) in [6.07, 6.45) is 0.988. The van der Waals surface area contributed by atoms with Gasteiger partial charge in [0.05, 0.1) is 5.92 Å². The van der Waals surface area contributed by atoms with Gasteiger partial charge in [-0.2, -0.15) is 0 Å². The van der Waals surface area contributed by atoms with Crippen molar-refractivity contribution in [2.24, 2.45) is 11.8 Å². The summed E-state index contributed by atoms with van der Waals surface area (Å²) in [7, 11) is 0. The number of likely N-dealkylation sites (tertiary alicyclic amines) is 1. The van der Waals surface area contributed by atoms with Crippen molar-refractivity contribution in [1.82, 2.24) is 10.2 Å². The van der Waals surface area contributed by atoms with Gasteiger partial charge in [-0.05, 0) is 24.4 Å². The first-order valence-electron chi connectivity index (χ1n) is 6.96. The van der Waals surface area contributed by atoms with Crippen LogP contribution in [0.1, 0.15) is 12.0 Å². The standard InChI is InChI=1S/C15H20N2O2/c18-15(19)13-8-16-14-10-17(7-6-12(13)14)9-11-4-2-1-3-5-11/h1-5,12-14,16H,6-10H2,(H,18,19). The number of hydrogen-bond acceptors (Lipinski definition) is 3. The smallest absolute Gasteiger partial charge is 0.308 e. The van der Waals surface area contributed by atoms with Gasteiger partial charge in [-0.15, -0.1) is 0 Å². The molecule has 2 N–H and O–H groups in total. The van der Waals surface area contributed by atoms with Crippen molar-refractivity contribution >= 4 is 5.97 Å². The Morgan fingerprint density at radius 1 is 1.37 bits per heavy atom. The molecule has 1 aromatic rings. The van der Waals surface area contributed by atoms with Crippen LogP contribution in [-0.4, -0.2) is 41.7 Å². The van der Waals surface area contributed by atoms with Crippen LogP contribution in [-0.2, 0) is 11.3 Å². The van der Waals surface area contributed by atoms with E-state index in [4.69, 9.17) is 0 Å². The molecule has 0 aromatic heterocycles. The van der Waals surface area contributed by atoms with Gasteiger partial charge in [0.1, 0.15) is 0 Å². The van der Waals surface area contributed by atoms with E-state index in [1.165, 1.54) is 5.56 Å². The number of hydrogen-bond donors (Lipinski definition) is 2. The van der Waals surface area contributed by atoms with Crippen LogP contribution in [0.5, 0.6) is 0 Å². The third-order valence-electron chi connectivity index (χ3n) is 4.43. The van der Waals surface area contributed by atoms with E-state index in [0.29, 0.717) is 18.5 Å². The van der Waals surface area contributed by atoms with Gasteiger partial charge >= 0.3 is 5.97 Å². The van der Waals surface area contributed by atoms with Crippen LogP contribution in [0.4, 0.5) is 0 Å². The minimum Gasteiger partial charge on any atom is -0.481 e. The number of carboxylic acids is 1. The van der Waals surface area contributed by atoms with Crippen LogP contribution in [0, 0.1) is 11.8 Å². The SMILES string of the molecule is O=C(O)C1CNC2CN(Cc3ccccc3)CCC21. The summed E-state index contributed by atoms with van der Waals surface area (Å²) in [6.45, 7) is 3.55. The Kier molecular flexibility index (Phi) is 3.53. The first kappa shape index (κ1) is 12.6.